The van der Waals surface area contributed by atoms with Gasteiger partial charge in [-0.15, -0.1) is 22.7 Å². The van der Waals surface area contributed by atoms with Crippen LogP contribution in [0, 0.1) is 13.8 Å². The van der Waals surface area contributed by atoms with Crippen molar-refractivity contribution < 1.29 is 4.79 Å². The molecule has 31 heavy (non-hydrogen) atoms. The molecule has 5 aromatic rings. The Morgan fingerprint density at radius 3 is 2.58 bits per heavy atom. The lowest BCUT2D eigenvalue weighted by molar-refractivity contribution is 0.102. The quantitative estimate of drug-likeness (QED) is 0.328. The van der Waals surface area contributed by atoms with E-state index < -0.39 is 0 Å². The van der Waals surface area contributed by atoms with Crippen LogP contribution in [0.3, 0.4) is 0 Å². The Balaban J connectivity index is 1.54. The number of aryl methyl sites for hydroxylation is 2. The monoisotopic (exact) mass is 441 g/mol. The predicted molar refractivity (Wildman–Crippen MR) is 130 cm³/mol. The molecule has 0 bridgehead atoms. The van der Waals surface area contributed by atoms with Crippen molar-refractivity contribution >= 4 is 44.6 Å². The van der Waals surface area contributed by atoms with E-state index in [4.69, 9.17) is 4.98 Å². The molecule has 0 radical (unpaired) electrons. The number of anilines is 1. The summed E-state index contributed by atoms with van der Waals surface area (Å²) < 4.78 is 0. The molecular formula is C25H19N3OS2. The number of pyridine rings is 1. The van der Waals surface area contributed by atoms with Gasteiger partial charge in [0.25, 0.3) is 5.91 Å². The van der Waals surface area contributed by atoms with E-state index in [1.807, 2.05) is 53.2 Å². The Morgan fingerprint density at radius 2 is 1.77 bits per heavy atom. The fourth-order valence-electron chi connectivity index (χ4n) is 3.64. The van der Waals surface area contributed by atoms with E-state index in [-0.39, 0.29) is 5.91 Å². The van der Waals surface area contributed by atoms with Crippen molar-refractivity contribution in [2.45, 2.75) is 13.8 Å². The maximum atomic E-state index is 13.3. The van der Waals surface area contributed by atoms with Crippen molar-refractivity contribution in [3.05, 3.63) is 88.1 Å². The molecular weight excluding hydrogens is 422 g/mol. The minimum Gasteiger partial charge on any atom is -0.298 e. The van der Waals surface area contributed by atoms with Crippen LogP contribution in [0.1, 0.15) is 21.5 Å². The number of fused-ring (bicyclic) bond motifs is 1. The molecule has 4 nitrogen and oxygen atoms in total. The van der Waals surface area contributed by atoms with Crippen LogP contribution in [-0.4, -0.2) is 15.9 Å². The van der Waals surface area contributed by atoms with Crippen LogP contribution in [0.15, 0.2) is 71.4 Å². The third-order valence-corrected chi connectivity index (χ3v) is 6.77. The number of carbonyl (C=O) groups is 1. The minimum absolute atomic E-state index is 0.184. The average molecular weight is 442 g/mol. The molecule has 0 atom stereocenters. The lowest BCUT2D eigenvalue weighted by Gasteiger charge is -2.11. The van der Waals surface area contributed by atoms with Gasteiger partial charge in [0, 0.05) is 16.3 Å². The Hall–Kier alpha value is -3.35. The summed E-state index contributed by atoms with van der Waals surface area (Å²) in [7, 11) is 0. The van der Waals surface area contributed by atoms with Gasteiger partial charge in [-0.2, -0.15) is 0 Å². The number of nitrogens with zero attached hydrogens (tertiary/aromatic N) is 2. The second-order valence-corrected chi connectivity index (χ2v) is 9.17. The molecule has 0 spiro atoms. The molecule has 0 saturated heterocycles. The first-order valence-corrected chi connectivity index (χ1v) is 11.6. The maximum absolute atomic E-state index is 13.3. The summed E-state index contributed by atoms with van der Waals surface area (Å²) in [5, 5.41) is 8.37. The topological polar surface area (TPSA) is 54.9 Å². The highest BCUT2D eigenvalue weighted by Gasteiger charge is 2.16. The van der Waals surface area contributed by atoms with Gasteiger partial charge in [0.2, 0.25) is 0 Å². The molecule has 5 rings (SSSR count). The third kappa shape index (κ3) is 3.87. The van der Waals surface area contributed by atoms with E-state index in [0.717, 1.165) is 38.3 Å². The smallest absolute Gasteiger partial charge is 0.258 e. The van der Waals surface area contributed by atoms with Gasteiger partial charge in [-0.25, -0.2) is 9.97 Å². The Bertz CT molecular complexity index is 1400. The summed E-state index contributed by atoms with van der Waals surface area (Å²) in [5.41, 5.74) is 6.42. The number of thiophene rings is 1. The van der Waals surface area contributed by atoms with Gasteiger partial charge in [-0.3, -0.25) is 10.1 Å². The van der Waals surface area contributed by atoms with Gasteiger partial charge in [0.15, 0.2) is 5.13 Å². The maximum Gasteiger partial charge on any atom is 0.258 e. The van der Waals surface area contributed by atoms with Crippen LogP contribution in [-0.2, 0) is 0 Å². The Morgan fingerprint density at radius 1 is 0.903 bits per heavy atom. The lowest BCUT2D eigenvalue weighted by Crippen LogP contribution is -2.13. The SMILES string of the molecule is Cc1ccc(-c2cc(C(=O)Nc3nc(-c4cccs4)cs3)c3ccccc3n2)c(C)c1. The van der Waals surface area contributed by atoms with Crippen LogP contribution in [0.25, 0.3) is 32.7 Å². The van der Waals surface area contributed by atoms with E-state index in [0.29, 0.717) is 10.7 Å². The van der Waals surface area contributed by atoms with Crippen molar-refractivity contribution in [1.29, 1.82) is 0 Å². The molecule has 1 N–H and O–H groups in total. The van der Waals surface area contributed by atoms with Gasteiger partial charge >= 0.3 is 0 Å². The average Bonchev–Trinajstić information content (AvgIpc) is 3.45. The van der Waals surface area contributed by atoms with E-state index in [1.165, 1.54) is 16.9 Å². The number of carbonyl (C=O) groups excluding carboxylic acids is 1. The van der Waals surface area contributed by atoms with E-state index in [9.17, 15) is 4.79 Å². The summed E-state index contributed by atoms with van der Waals surface area (Å²) in [6.07, 6.45) is 0. The van der Waals surface area contributed by atoms with Crippen LogP contribution in [0.2, 0.25) is 0 Å². The van der Waals surface area contributed by atoms with Gasteiger partial charge in [0.05, 0.1) is 27.3 Å². The largest absolute Gasteiger partial charge is 0.298 e. The summed E-state index contributed by atoms with van der Waals surface area (Å²) in [6, 6.07) is 19.9. The van der Waals surface area contributed by atoms with Gasteiger partial charge < -0.3 is 0 Å². The first-order chi connectivity index (χ1) is 15.1. The molecule has 0 fully saturated rings. The van der Waals surface area contributed by atoms with E-state index in [1.54, 1.807) is 11.3 Å². The van der Waals surface area contributed by atoms with Crippen molar-refractivity contribution in [3.63, 3.8) is 0 Å². The molecule has 0 saturated carbocycles. The summed E-state index contributed by atoms with van der Waals surface area (Å²) in [5.74, 6) is -0.184. The van der Waals surface area contributed by atoms with Crippen molar-refractivity contribution in [3.8, 4) is 21.8 Å². The first-order valence-electron chi connectivity index (χ1n) is 9.86. The number of hydrogen-bond donors (Lipinski definition) is 1. The van der Waals surface area contributed by atoms with Crippen LogP contribution < -0.4 is 5.32 Å². The number of nitrogens with one attached hydrogen (secondary N) is 1. The number of hydrogen-bond acceptors (Lipinski definition) is 5. The van der Waals surface area contributed by atoms with E-state index in [2.05, 4.69) is 42.3 Å². The van der Waals surface area contributed by atoms with Crippen molar-refractivity contribution in [1.82, 2.24) is 9.97 Å². The normalized spacial score (nSPS) is 11.0. The lowest BCUT2D eigenvalue weighted by atomic mass is 9.99. The van der Waals surface area contributed by atoms with E-state index >= 15 is 0 Å². The number of thiazole rings is 1. The molecule has 0 aliphatic rings. The second-order valence-electron chi connectivity index (χ2n) is 7.36. The molecule has 152 valence electrons. The molecule has 2 aromatic carbocycles. The molecule has 3 heterocycles. The van der Waals surface area contributed by atoms with Crippen molar-refractivity contribution in [2.24, 2.45) is 0 Å². The summed E-state index contributed by atoms with van der Waals surface area (Å²) >= 11 is 3.06. The highest BCUT2D eigenvalue weighted by molar-refractivity contribution is 7.16. The molecule has 6 heteroatoms. The molecule has 0 aliphatic carbocycles. The van der Waals surface area contributed by atoms with Gasteiger partial charge in [-0.1, -0.05) is 48.0 Å². The zero-order valence-corrected chi connectivity index (χ0v) is 18.7. The van der Waals surface area contributed by atoms with Crippen LogP contribution in [0.4, 0.5) is 5.13 Å². The highest BCUT2D eigenvalue weighted by Crippen LogP contribution is 2.30. The fourth-order valence-corrected chi connectivity index (χ4v) is 5.10. The van der Waals surface area contributed by atoms with Crippen LogP contribution >= 0.6 is 22.7 Å². The molecule has 3 aromatic heterocycles. The number of aromatic nitrogens is 2. The molecule has 1 amide bonds. The molecule has 0 unspecified atom stereocenters. The van der Waals surface area contributed by atoms with Crippen LogP contribution in [0.5, 0.6) is 0 Å². The minimum atomic E-state index is -0.184. The zero-order valence-electron chi connectivity index (χ0n) is 17.0. The zero-order chi connectivity index (χ0) is 21.4. The fraction of sp³-hybridized carbons (Fsp3) is 0.0800. The number of rotatable bonds is 4. The Kier molecular flexibility index (Phi) is 5.10. The van der Waals surface area contributed by atoms with Gasteiger partial charge in [-0.05, 0) is 43.0 Å². The number of benzene rings is 2. The second kappa shape index (κ2) is 8.06. The third-order valence-electron chi connectivity index (χ3n) is 5.12. The highest BCUT2D eigenvalue weighted by atomic mass is 32.1. The number of amides is 1. The first kappa shape index (κ1) is 19.6. The Labute approximate surface area is 188 Å². The number of para-hydroxylation sites is 1. The standard InChI is InChI=1S/C25H19N3OS2/c1-15-9-10-17(16(2)12-15)21-13-19(18-6-3-4-7-20(18)26-21)24(29)28-25-27-22(14-31-25)23-8-5-11-30-23/h3-14H,1-2H3,(H,27,28,29). The predicted octanol–water partition coefficient (Wildman–Crippen LogP) is 6.96. The molecule has 0 aliphatic heterocycles. The summed E-state index contributed by atoms with van der Waals surface area (Å²) in [6.45, 7) is 4.14. The van der Waals surface area contributed by atoms with Gasteiger partial charge in [0.1, 0.15) is 0 Å². The van der Waals surface area contributed by atoms with Crippen molar-refractivity contribution in [2.75, 3.05) is 5.32 Å². The summed E-state index contributed by atoms with van der Waals surface area (Å²) in [4.78, 5) is 23.8.